The summed E-state index contributed by atoms with van der Waals surface area (Å²) in [5, 5.41) is 0. The molecule has 0 saturated heterocycles. The number of hydrogen-bond acceptors (Lipinski definition) is 3. The lowest BCUT2D eigenvalue weighted by molar-refractivity contribution is -0.138. The Hall–Kier alpha value is -1.12. The van der Waals surface area contributed by atoms with Crippen LogP contribution in [-0.4, -0.2) is 25.3 Å². The molecule has 0 rings (SSSR count). The van der Waals surface area contributed by atoms with E-state index in [4.69, 9.17) is 4.74 Å². The molecule has 92 valence electrons. The summed E-state index contributed by atoms with van der Waals surface area (Å²) in [6, 6.07) is 0. The van der Waals surface area contributed by atoms with Crippen molar-refractivity contribution in [3.05, 3.63) is 12.2 Å². The van der Waals surface area contributed by atoms with Crippen LogP contribution in [0.25, 0.3) is 0 Å². The quantitative estimate of drug-likeness (QED) is 0.276. The van der Waals surface area contributed by atoms with E-state index in [1.807, 2.05) is 6.21 Å². The minimum absolute atomic E-state index is 0.316. The molecule has 0 aromatic rings. The molecule has 0 spiro atoms. The maximum atomic E-state index is 11.0. The molecule has 0 saturated carbocycles. The predicted octanol–water partition coefficient (Wildman–Crippen LogP) is 3.00. The van der Waals surface area contributed by atoms with Gasteiger partial charge in [0.25, 0.3) is 0 Å². The summed E-state index contributed by atoms with van der Waals surface area (Å²) in [4.78, 5) is 15.2. The lowest BCUT2D eigenvalue weighted by Crippen LogP contribution is -2.06. The molecule has 0 bridgehead atoms. The van der Waals surface area contributed by atoms with Crippen molar-refractivity contribution in [1.29, 1.82) is 0 Å². The Morgan fingerprint density at radius 2 is 2.19 bits per heavy atom. The van der Waals surface area contributed by atoms with Crippen LogP contribution >= 0.6 is 0 Å². The number of carbonyl (C=O) groups is 1. The number of hydrogen-bond donors (Lipinski definition) is 0. The van der Waals surface area contributed by atoms with Crippen LogP contribution in [0.2, 0.25) is 0 Å². The van der Waals surface area contributed by atoms with E-state index in [1.54, 1.807) is 6.92 Å². The Bertz CT molecular complexity index is 244. The fourth-order valence-electron chi connectivity index (χ4n) is 1.03. The van der Waals surface area contributed by atoms with Crippen molar-refractivity contribution in [3.8, 4) is 0 Å². The van der Waals surface area contributed by atoms with Crippen LogP contribution in [0, 0.1) is 5.92 Å². The zero-order valence-electron chi connectivity index (χ0n) is 10.7. The van der Waals surface area contributed by atoms with E-state index in [0.717, 1.165) is 25.3 Å². The highest BCUT2D eigenvalue weighted by atomic mass is 16.5. The van der Waals surface area contributed by atoms with Gasteiger partial charge in [0, 0.05) is 18.5 Å². The first kappa shape index (κ1) is 14.9. The summed E-state index contributed by atoms with van der Waals surface area (Å²) < 4.78 is 4.94. The minimum atomic E-state index is -0.316. The molecule has 0 heterocycles. The van der Waals surface area contributed by atoms with Gasteiger partial charge in [-0.3, -0.25) is 4.99 Å². The summed E-state index contributed by atoms with van der Waals surface area (Å²) in [6.07, 6.45) is 4.94. The van der Waals surface area contributed by atoms with Gasteiger partial charge in [-0.1, -0.05) is 20.4 Å². The number of carbonyl (C=O) groups excluding carboxylic acids is 1. The van der Waals surface area contributed by atoms with Crippen molar-refractivity contribution < 1.29 is 9.53 Å². The van der Waals surface area contributed by atoms with Gasteiger partial charge in [0.1, 0.15) is 0 Å². The van der Waals surface area contributed by atoms with Gasteiger partial charge in [0.05, 0.1) is 6.61 Å². The van der Waals surface area contributed by atoms with Crippen LogP contribution in [0.15, 0.2) is 17.1 Å². The maximum Gasteiger partial charge on any atom is 0.333 e. The molecule has 0 aromatic heterocycles. The SMILES string of the molecule is C=C(C)C(=O)OCCCN=CCCC(C)C. The lowest BCUT2D eigenvalue weighted by atomic mass is 10.1. The molecule has 0 radical (unpaired) electrons. The zero-order valence-corrected chi connectivity index (χ0v) is 10.7. The Morgan fingerprint density at radius 3 is 2.75 bits per heavy atom. The van der Waals surface area contributed by atoms with Crippen molar-refractivity contribution in [2.24, 2.45) is 10.9 Å². The van der Waals surface area contributed by atoms with Gasteiger partial charge < -0.3 is 4.74 Å². The van der Waals surface area contributed by atoms with Crippen molar-refractivity contribution >= 4 is 12.2 Å². The van der Waals surface area contributed by atoms with Crippen LogP contribution < -0.4 is 0 Å². The average molecular weight is 225 g/mol. The zero-order chi connectivity index (χ0) is 12.4. The highest BCUT2D eigenvalue weighted by molar-refractivity contribution is 5.86. The number of rotatable bonds is 8. The van der Waals surface area contributed by atoms with E-state index in [0.29, 0.717) is 12.2 Å². The fourth-order valence-corrected chi connectivity index (χ4v) is 1.03. The smallest absolute Gasteiger partial charge is 0.333 e. The largest absolute Gasteiger partial charge is 0.462 e. The van der Waals surface area contributed by atoms with Gasteiger partial charge in [-0.25, -0.2) is 4.79 Å². The highest BCUT2D eigenvalue weighted by Crippen LogP contribution is 2.01. The molecular weight excluding hydrogens is 202 g/mol. The average Bonchev–Trinajstić information content (AvgIpc) is 2.21. The second-order valence-corrected chi connectivity index (χ2v) is 4.33. The lowest BCUT2D eigenvalue weighted by Gasteiger charge is -2.02. The van der Waals surface area contributed by atoms with Crippen LogP contribution in [0.5, 0.6) is 0 Å². The Kier molecular flexibility index (Phi) is 8.49. The van der Waals surface area contributed by atoms with E-state index in [2.05, 4.69) is 25.4 Å². The molecule has 0 N–H and O–H groups in total. The first-order valence-electron chi connectivity index (χ1n) is 5.85. The Balaban J connectivity index is 3.33. The topological polar surface area (TPSA) is 38.7 Å². The summed E-state index contributed by atoms with van der Waals surface area (Å²) >= 11 is 0. The fraction of sp³-hybridized carbons (Fsp3) is 0.692. The molecule has 0 aromatic carbocycles. The Morgan fingerprint density at radius 1 is 1.50 bits per heavy atom. The first-order valence-corrected chi connectivity index (χ1v) is 5.85. The van der Waals surface area contributed by atoms with E-state index < -0.39 is 0 Å². The molecule has 0 atom stereocenters. The number of esters is 1. The molecule has 0 aliphatic rings. The second kappa shape index (κ2) is 9.13. The molecular formula is C13H23NO2. The van der Waals surface area contributed by atoms with Gasteiger partial charge in [-0.15, -0.1) is 0 Å². The molecule has 0 fully saturated rings. The molecule has 0 aliphatic heterocycles. The monoisotopic (exact) mass is 225 g/mol. The normalized spacial score (nSPS) is 11.0. The Labute approximate surface area is 98.6 Å². The van der Waals surface area contributed by atoms with Gasteiger partial charge in [0.2, 0.25) is 0 Å². The summed E-state index contributed by atoms with van der Waals surface area (Å²) in [5.41, 5.74) is 0.445. The number of ether oxygens (including phenoxy) is 1. The van der Waals surface area contributed by atoms with E-state index in [1.165, 1.54) is 6.42 Å². The number of aliphatic imine (C=N–C) groups is 1. The van der Waals surface area contributed by atoms with E-state index in [-0.39, 0.29) is 5.97 Å². The second-order valence-electron chi connectivity index (χ2n) is 4.33. The predicted molar refractivity (Wildman–Crippen MR) is 67.8 cm³/mol. The third kappa shape index (κ3) is 9.44. The standard InChI is InChI=1S/C13H23NO2/c1-11(2)7-5-8-14-9-6-10-16-13(15)12(3)4/h8,11H,3,5-7,9-10H2,1-2,4H3. The third-order valence-electron chi connectivity index (χ3n) is 2.02. The molecule has 0 unspecified atom stereocenters. The van der Waals surface area contributed by atoms with E-state index in [9.17, 15) is 4.79 Å². The van der Waals surface area contributed by atoms with Crippen LogP contribution in [0.1, 0.15) is 40.0 Å². The van der Waals surface area contributed by atoms with Crippen molar-refractivity contribution in [2.45, 2.75) is 40.0 Å². The van der Waals surface area contributed by atoms with Gasteiger partial charge in [0.15, 0.2) is 0 Å². The number of nitrogens with zero attached hydrogens (tertiary/aromatic N) is 1. The summed E-state index contributed by atoms with van der Waals surface area (Å²) in [7, 11) is 0. The molecule has 3 nitrogen and oxygen atoms in total. The molecule has 0 aliphatic carbocycles. The van der Waals surface area contributed by atoms with Gasteiger partial charge in [-0.05, 0) is 31.9 Å². The molecule has 0 amide bonds. The van der Waals surface area contributed by atoms with Crippen molar-refractivity contribution in [1.82, 2.24) is 0 Å². The van der Waals surface area contributed by atoms with Gasteiger partial charge in [-0.2, -0.15) is 0 Å². The van der Waals surface area contributed by atoms with Crippen LogP contribution in [0.3, 0.4) is 0 Å². The van der Waals surface area contributed by atoms with Crippen molar-refractivity contribution in [3.63, 3.8) is 0 Å². The third-order valence-corrected chi connectivity index (χ3v) is 2.02. The van der Waals surface area contributed by atoms with E-state index >= 15 is 0 Å². The van der Waals surface area contributed by atoms with Gasteiger partial charge >= 0.3 is 5.97 Å². The highest BCUT2D eigenvalue weighted by Gasteiger charge is 2.00. The maximum absolute atomic E-state index is 11.0. The summed E-state index contributed by atoms with van der Waals surface area (Å²) in [6.45, 7) is 10.7. The molecule has 3 heteroatoms. The van der Waals surface area contributed by atoms with Crippen LogP contribution in [-0.2, 0) is 9.53 Å². The van der Waals surface area contributed by atoms with Crippen LogP contribution in [0.4, 0.5) is 0 Å². The molecule has 16 heavy (non-hydrogen) atoms. The first-order chi connectivity index (χ1) is 7.54. The van der Waals surface area contributed by atoms with Crippen molar-refractivity contribution in [2.75, 3.05) is 13.2 Å². The summed E-state index contributed by atoms with van der Waals surface area (Å²) in [5.74, 6) is 0.409. The minimum Gasteiger partial charge on any atom is -0.462 e.